The second-order valence-electron chi connectivity index (χ2n) is 5.02. The molecule has 1 aromatic carbocycles. The van der Waals surface area contributed by atoms with Gasteiger partial charge in [0, 0.05) is 17.5 Å². The Morgan fingerprint density at radius 1 is 1.39 bits per heavy atom. The number of hydrogen-bond acceptors (Lipinski definition) is 4. The van der Waals surface area contributed by atoms with Crippen molar-refractivity contribution in [3.63, 3.8) is 0 Å². The van der Waals surface area contributed by atoms with Crippen molar-refractivity contribution in [1.29, 1.82) is 0 Å². The maximum Gasteiger partial charge on any atom is 0.177 e. The van der Waals surface area contributed by atoms with Gasteiger partial charge in [-0.15, -0.1) is 0 Å². The van der Waals surface area contributed by atoms with Crippen LogP contribution in [0.2, 0.25) is 0 Å². The molecule has 0 aromatic heterocycles. The van der Waals surface area contributed by atoms with E-state index < -0.39 is 9.84 Å². The van der Waals surface area contributed by atoms with Crippen molar-refractivity contribution in [2.75, 3.05) is 23.9 Å². The molecule has 0 radical (unpaired) electrons. The van der Waals surface area contributed by atoms with Crippen molar-refractivity contribution < 1.29 is 8.42 Å². The normalized spacial score (nSPS) is 24.1. The van der Waals surface area contributed by atoms with Crippen molar-refractivity contribution in [3.05, 3.63) is 24.3 Å². The molecule has 0 amide bonds. The average Bonchev–Trinajstić information content (AvgIpc) is 2.73. The molecule has 0 spiro atoms. The quantitative estimate of drug-likeness (QED) is 0.924. The summed E-state index contributed by atoms with van der Waals surface area (Å²) in [5.74, 6) is 1.20. The molecule has 1 unspecified atom stereocenters. The highest BCUT2D eigenvalue weighted by Gasteiger charge is 2.29. The van der Waals surface area contributed by atoms with Crippen LogP contribution in [0.25, 0.3) is 0 Å². The van der Waals surface area contributed by atoms with E-state index in [0.717, 1.165) is 6.54 Å². The fraction of sp³-hybridized carbons (Fsp3) is 0.538. The molecule has 1 N–H and O–H groups in total. The van der Waals surface area contributed by atoms with Gasteiger partial charge in [0.2, 0.25) is 0 Å². The fourth-order valence-electron chi connectivity index (χ4n) is 2.19. The second-order valence-corrected chi connectivity index (χ2v) is 8.69. The van der Waals surface area contributed by atoms with Gasteiger partial charge in [0.1, 0.15) is 0 Å². The van der Waals surface area contributed by atoms with E-state index in [1.807, 2.05) is 23.9 Å². The van der Waals surface area contributed by atoms with Crippen LogP contribution < -0.4 is 5.32 Å². The van der Waals surface area contributed by atoms with Crippen LogP contribution >= 0.6 is 11.8 Å². The van der Waals surface area contributed by atoms with Crippen molar-refractivity contribution in [1.82, 2.24) is 0 Å². The van der Waals surface area contributed by atoms with E-state index >= 15 is 0 Å². The monoisotopic (exact) mass is 285 g/mol. The van der Waals surface area contributed by atoms with Crippen LogP contribution in [-0.2, 0) is 9.84 Å². The lowest BCUT2D eigenvalue weighted by Crippen LogP contribution is -2.27. The molecule has 18 heavy (non-hydrogen) atoms. The Kier molecular flexibility index (Phi) is 3.92. The summed E-state index contributed by atoms with van der Waals surface area (Å²) in [5, 5.41) is 3.30. The van der Waals surface area contributed by atoms with Crippen LogP contribution in [0.4, 0.5) is 5.69 Å². The van der Waals surface area contributed by atoms with Crippen LogP contribution in [0.15, 0.2) is 29.2 Å². The summed E-state index contributed by atoms with van der Waals surface area (Å²) in [5.41, 5.74) is 0.716. The molecule has 1 aromatic rings. The summed E-state index contributed by atoms with van der Waals surface area (Å²) < 4.78 is 23.6. The fourth-order valence-corrected chi connectivity index (χ4v) is 4.30. The first-order valence-corrected chi connectivity index (χ1v) is 8.95. The Bertz CT molecular complexity index is 520. The van der Waals surface area contributed by atoms with E-state index in [-0.39, 0.29) is 4.75 Å². The SMILES string of the molecule is CC1(CNc2ccccc2S(C)(=O)=O)CCCS1. The third-order valence-electron chi connectivity index (χ3n) is 3.24. The molecule has 1 fully saturated rings. The molecular weight excluding hydrogens is 266 g/mol. The van der Waals surface area contributed by atoms with Crippen molar-refractivity contribution >= 4 is 27.3 Å². The number of rotatable bonds is 4. The van der Waals surface area contributed by atoms with Gasteiger partial charge in [0.05, 0.1) is 10.6 Å². The van der Waals surface area contributed by atoms with Crippen molar-refractivity contribution in [3.8, 4) is 0 Å². The minimum Gasteiger partial charge on any atom is -0.383 e. The topological polar surface area (TPSA) is 46.2 Å². The maximum atomic E-state index is 11.7. The summed E-state index contributed by atoms with van der Waals surface area (Å²) in [6.45, 7) is 3.05. The van der Waals surface area contributed by atoms with Crippen LogP contribution in [0.1, 0.15) is 19.8 Å². The zero-order valence-electron chi connectivity index (χ0n) is 10.8. The largest absolute Gasteiger partial charge is 0.383 e. The van der Waals surface area contributed by atoms with E-state index in [1.54, 1.807) is 12.1 Å². The third kappa shape index (κ3) is 3.20. The molecule has 1 atom stereocenters. The Labute approximate surface area is 113 Å². The summed E-state index contributed by atoms with van der Waals surface area (Å²) in [6, 6.07) is 7.11. The highest BCUT2D eigenvalue weighted by molar-refractivity contribution is 8.00. The lowest BCUT2D eigenvalue weighted by Gasteiger charge is -2.24. The highest BCUT2D eigenvalue weighted by atomic mass is 32.2. The van der Waals surface area contributed by atoms with E-state index in [9.17, 15) is 8.42 Å². The zero-order chi connectivity index (χ0) is 13.2. The predicted octanol–water partition coefficient (Wildman–Crippen LogP) is 2.79. The van der Waals surface area contributed by atoms with Crippen molar-refractivity contribution in [2.45, 2.75) is 29.4 Å². The molecule has 0 saturated carbocycles. The minimum absolute atomic E-state index is 0.227. The molecule has 5 heteroatoms. The molecule has 3 nitrogen and oxygen atoms in total. The second kappa shape index (κ2) is 5.13. The van der Waals surface area contributed by atoms with E-state index in [1.165, 1.54) is 24.9 Å². The molecular formula is C13H19NO2S2. The van der Waals surface area contributed by atoms with Gasteiger partial charge >= 0.3 is 0 Å². The zero-order valence-corrected chi connectivity index (χ0v) is 12.4. The van der Waals surface area contributed by atoms with Gasteiger partial charge in [-0.3, -0.25) is 0 Å². The first-order valence-electron chi connectivity index (χ1n) is 6.08. The standard InChI is InChI=1S/C13H19NO2S2/c1-13(8-5-9-17-13)10-14-11-6-3-4-7-12(11)18(2,15)16/h3-4,6-7,14H,5,8-10H2,1-2H3. The number of para-hydroxylation sites is 1. The summed E-state index contributed by atoms with van der Waals surface area (Å²) in [7, 11) is -3.17. The van der Waals surface area contributed by atoms with Crippen LogP contribution in [0.3, 0.4) is 0 Å². The van der Waals surface area contributed by atoms with Gasteiger partial charge in [0.25, 0.3) is 0 Å². The molecule has 1 aliphatic heterocycles. The molecule has 1 aliphatic rings. The molecule has 100 valence electrons. The number of thioether (sulfide) groups is 1. The van der Waals surface area contributed by atoms with Crippen LogP contribution in [0.5, 0.6) is 0 Å². The highest BCUT2D eigenvalue weighted by Crippen LogP contribution is 2.38. The number of benzene rings is 1. The smallest absolute Gasteiger partial charge is 0.177 e. The summed E-state index contributed by atoms with van der Waals surface area (Å²) >= 11 is 1.97. The Hall–Kier alpha value is -0.680. The number of hydrogen-bond donors (Lipinski definition) is 1. The first-order chi connectivity index (χ1) is 8.41. The molecule has 1 heterocycles. The Morgan fingerprint density at radius 3 is 2.72 bits per heavy atom. The number of anilines is 1. The van der Waals surface area contributed by atoms with E-state index in [0.29, 0.717) is 10.6 Å². The van der Waals surface area contributed by atoms with E-state index in [4.69, 9.17) is 0 Å². The predicted molar refractivity (Wildman–Crippen MR) is 78.1 cm³/mol. The van der Waals surface area contributed by atoms with Crippen molar-refractivity contribution in [2.24, 2.45) is 0 Å². The molecule has 1 saturated heterocycles. The molecule has 0 bridgehead atoms. The first kappa shape index (κ1) is 13.7. The summed E-state index contributed by atoms with van der Waals surface area (Å²) in [6.07, 6.45) is 3.68. The Morgan fingerprint density at radius 2 is 2.11 bits per heavy atom. The maximum absolute atomic E-state index is 11.7. The lowest BCUT2D eigenvalue weighted by molar-refractivity contribution is 0.601. The number of nitrogens with one attached hydrogen (secondary N) is 1. The van der Waals surface area contributed by atoms with Gasteiger partial charge in [0.15, 0.2) is 9.84 Å². The minimum atomic E-state index is -3.17. The van der Waals surface area contributed by atoms with E-state index in [2.05, 4.69) is 12.2 Å². The Balaban J connectivity index is 2.15. The van der Waals surface area contributed by atoms with Gasteiger partial charge in [-0.05, 0) is 37.7 Å². The average molecular weight is 285 g/mol. The third-order valence-corrected chi connectivity index (χ3v) is 5.93. The number of sulfone groups is 1. The summed E-state index contributed by atoms with van der Waals surface area (Å²) in [4.78, 5) is 0.386. The molecule has 2 rings (SSSR count). The van der Waals surface area contributed by atoms with Crippen LogP contribution in [0, 0.1) is 0 Å². The van der Waals surface area contributed by atoms with Gasteiger partial charge in [-0.25, -0.2) is 8.42 Å². The van der Waals surface area contributed by atoms with Gasteiger partial charge < -0.3 is 5.32 Å². The van der Waals surface area contributed by atoms with Crippen LogP contribution in [-0.4, -0.2) is 31.7 Å². The molecule has 0 aliphatic carbocycles. The lowest BCUT2D eigenvalue weighted by atomic mass is 10.1. The van der Waals surface area contributed by atoms with Gasteiger partial charge in [-0.2, -0.15) is 11.8 Å². The van der Waals surface area contributed by atoms with Gasteiger partial charge in [-0.1, -0.05) is 12.1 Å².